The number of rotatable bonds is 4. The zero-order valence-corrected chi connectivity index (χ0v) is 11.7. The van der Waals surface area contributed by atoms with Crippen LogP contribution in [0.3, 0.4) is 0 Å². The van der Waals surface area contributed by atoms with Gasteiger partial charge in [-0.3, -0.25) is 0 Å². The average Bonchev–Trinajstić information content (AvgIpc) is 2.88. The Balaban J connectivity index is 2.31. The molecule has 0 amide bonds. The van der Waals surface area contributed by atoms with E-state index in [1.807, 2.05) is 0 Å². The largest absolute Gasteiger partial charge is 0.435 e. The standard InChI is InChI=1S/C14H12F2N2OS/c1-14(2,8-17)12-18-11(7-20-12)9-4-3-5-10(6-9)19-13(15)16/h3-7,13H,1-2H3. The van der Waals surface area contributed by atoms with Crippen molar-refractivity contribution in [2.75, 3.05) is 0 Å². The maximum absolute atomic E-state index is 12.2. The van der Waals surface area contributed by atoms with Gasteiger partial charge < -0.3 is 4.74 Å². The summed E-state index contributed by atoms with van der Waals surface area (Å²) in [4.78, 5) is 4.40. The Morgan fingerprint density at radius 1 is 1.40 bits per heavy atom. The van der Waals surface area contributed by atoms with Crippen LogP contribution in [0.4, 0.5) is 8.78 Å². The molecular weight excluding hydrogens is 282 g/mol. The second-order valence-electron chi connectivity index (χ2n) is 4.68. The van der Waals surface area contributed by atoms with Gasteiger partial charge >= 0.3 is 6.61 Å². The smallest absolute Gasteiger partial charge is 0.387 e. The maximum Gasteiger partial charge on any atom is 0.387 e. The first-order valence-corrected chi connectivity index (χ1v) is 6.73. The van der Waals surface area contributed by atoms with Crippen LogP contribution in [0.15, 0.2) is 29.6 Å². The van der Waals surface area contributed by atoms with Gasteiger partial charge in [0.1, 0.15) is 16.2 Å². The van der Waals surface area contributed by atoms with E-state index in [1.54, 1.807) is 31.4 Å². The minimum absolute atomic E-state index is 0.0894. The molecule has 1 aromatic carbocycles. The molecular formula is C14H12F2N2OS. The van der Waals surface area contributed by atoms with Crippen LogP contribution in [-0.4, -0.2) is 11.6 Å². The van der Waals surface area contributed by atoms with Crippen LogP contribution in [0, 0.1) is 11.3 Å². The SMILES string of the molecule is CC(C)(C#N)c1nc(-c2cccc(OC(F)F)c2)cs1. The Morgan fingerprint density at radius 2 is 2.15 bits per heavy atom. The number of nitrogens with zero attached hydrogens (tertiary/aromatic N) is 2. The number of aromatic nitrogens is 1. The molecule has 0 aliphatic carbocycles. The Kier molecular flexibility index (Phi) is 4.00. The molecule has 0 atom stereocenters. The molecule has 6 heteroatoms. The molecule has 20 heavy (non-hydrogen) atoms. The maximum atomic E-state index is 12.2. The fourth-order valence-electron chi connectivity index (χ4n) is 1.57. The highest BCUT2D eigenvalue weighted by Gasteiger charge is 2.24. The van der Waals surface area contributed by atoms with Crippen molar-refractivity contribution in [3.8, 4) is 23.1 Å². The third kappa shape index (κ3) is 3.11. The molecule has 0 saturated carbocycles. The second-order valence-corrected chi connectivity index (χ2v) is 5.54. The molecule has 3 nitrogen and oxygen atoms in total. The van der Waals surface area contributed by atoms with Crippen molar-refractivity contribution in [1.82, 2.24) is 4.98 Å². The predicted octanol–water partition coefficient (Wildman–Crippen LogP) is 4.21. The quantitative estimate of drug-likeness (QED) is 0.848. The molecule has 0 N–H and O–H groups in total. The van der Waals surface area contributed by atoms with Crippen molar-refractivity contribution in [3.05, 3.63) is 34.7 Å². The average molecular weight is 294 g/mol. The van der Waals surface area contributed by atoms with Crippen LogP contribution in [-0.2, 0) is 5.41 Å². The molecule has 0 saturated heterocycles. The van der Waals surface area contributed by atoms with Crippen LogP contribution in [0.25, 0.3) is 11.3 Å². The minimum Gasteiger partial charge on any atom is -0.435 e. The van der Waals surface area contributed by atoms with E-state index < -0.39 is 12.0 Å². The molecule has 2 rings (SSSR count). The van der Waals surface area contributed by atoms with Gasteiger partial charge in [0.15, 0.2) is 0 Å². The van der Waals surface area contributed by atoms with Crippen molar-refractivity contribution < 1.29 is 13.5 Å². The summed E-state index contributed by atoms with van der Waals surface area (Å²) in [5, 5.41) is 11.6. The van der Waals surface area contributed by atoms with Crippen LogP contribution in [0.1, 0.15) is 18.9 Å². The van der Waals surface area contributed by atoms with Crippen molar-refractivity contribution in [2.24, 2.45) is 0 Å². The number of nitriles is 1. The van der Waals surface area contributed by atoms with Gasteiger partial charge in [0, 0.05) is 10.9 Å². The van der Waals surface area contributed by atoms with E-state index in [0.717, 1.165) is 0 Å². The fourth-order valence-corrected chi connectivity index (χ4v) is 2.48. The molecule has 0 radical (unpaired) electrons. The normalized spacial score (nSPS) is 11.4. The second kappa shape index (κ2) is 5.55. The van der Waals surface area contributed by atoms with Crippen molar-refractivity contribution in [2.45, 2.75) is 25.9 Å². The minimum atomic E-state index is -2.85. The number of ether oxygens (including phenoxy) is 1. The Morgan fingerprint density at radius 3 is 2.80 bits per heavy atom. The van der Waals surface area contributed by atoms with Gasteiger partial charge in [0.2, 0.25) is 0 Å². The van der Waals surface area contributed by atoms with Crippen LogP contribution in [0.5, 0.6) is 5.75 Å². The number of hydrogen-bond donors (Lipinski definition) is 0. The fraction of sp³-hybridized carbons (Fsp3) is 0.286. The Labute approximate surface area is 119 Å². The predicted molar refractivity (Wildman–Crippen MR) is 72.8 cm³/mol. The monoisotopic (exact) mass is 294 g/mol. The van der Waals surface area contributed by atoms with Gasteiger partial charge in [-0.2, -0.15) is 14.0 Å². The summed E-state index contributed by atoms with van der Waals surface area (Å²) in [5.74, 6) is 0.0894. The summed E-state index contributed by atoms with van der Waals surface area (Å²) in [5.41, 5.74) is 0.660. The lowest BCUT2D eigenvalue weighted by molar-refractivity contribution is -0.0498. The van der Waals surface area contributed by atoms with Gasteiger partial charge in [-0.1, -0.05) is 12.1 Å². The Bertz CT molecular complexity index is 647. The molecule has 0 aliphatic rings. The van der Waals surface area contributed by atoms with Crippen molar-refractivity contribution >= 4 is 11.3 Å². The summed E-state index contributed by atoms with van der Waals surface area (Å²) < 4.78 is 28.7. The highest BCUT2D eigenvalue weighted by molar-refractivity contribution is 7.10. The Hall–Kier alpha value is -2.00. The first-order valence-electron chi connectivity index (χ1n) is 5.85. The molecule has 0 unspecified atom stereocenters. The number of benzene rings is 1. The molecule has 0 spiro atoms. The third-order valence-electron chi connectivity index (χ3n) is 2.67. The van der Waals surface area contributed by atoms with E-state index in [0.29, 0.717) is 16.3 Å². The van der Waals surface area contributed by atoms with E-state index in [2.05, 4.69) is 15.8 Å². The van der Waals surface area contributed by atoms with E-state index in [4.69, 9.17) is 5.26 Å². The molecule has 1 heterocycles. The lowest BCUT2D eigenvalue weighted by Gasteiger charge is -2.10. The van der Waals surface area contributed by atoms with E-state index in [1.165, 1.54) is 23.5 Å². The van der Waals surface area contributed by atoms with Gasteiger partial charge in [-0.05, 0) is 26.0 Å². The molecule has 0 fully saturated rings. The number of thiazole rings is 1. The highest BCUT2D eigenvalue weighted by Crippen LogP contribution is 2.31. The molecule has 2 aromatic rings. The summed E-state index contributed by atoms with van der Waals surface area (Å²) in [6, 6.07) is 8.54. The lowest BCUT2D eigenvalue weighted by Crippen LogP contribution is -2.13. The van der Waals surface area contributed by atoms with Crippen LogP contribution >= 0.6 is 11.3 Å². The third-order valence-corrected chi connectivity index (χ3v) is 3.84. The van der Waals surface area contributed by atoms with Crippen LogP contribution < -0.4 is 4.74 Å². The highest BCUT2D eigenvalue weighted by atomic mass is 32.1. The van der Waals surface area contributed by atoms with Gasteiger partial charge in [0.05, 0.1) is 11.8 Å². The van der Waals surface area contributed by atoms with Gasteiger partial charge in [-0.25, -0.2) is 4.98 Å². The van der Waals surface area contributed by atoms with Gasteiger partial charge in [-0.15, -0.1) is 11.3 Å². The van der Waals surface area contributed by atoms with Crippen LogP contribution in [0.2, 0.25) is 0 Å². The van der Waals surface area contributed by atoms with Crippen molar-refractivity contribution in [1.29, 1.82) is 5.26 Å². The summed E-state index contributed by atoms with van der Waals surface area (Å²) >= 11 is 1.37. The lowest BCUT2D eigenvalue weighted by atomic mass is 9.97. The number of halogens is 2. The molecule has 104 valence electrons. The van der Waals surface area contributed by atoms with Gasteiger partial charge in [0.25, 0.3) is 0 Å². The zero-order valence-electron chi connectivity index (χ0n) is 10.9. The van der Waals surface area contributed by atoms with E-state index >= 15 is 0 Å². The topological polar surface area (TPSA) is 45.9 Å². The summed E-state index contributed by atoms with van der Waals surface area (Å²) in [7, 11) is 0. The first-order chi connectivity index (χ1) is 9.42. The molecule has 1 aromatic heterocycles. The van der Waals surface area contributed by atoms with E-state index in [9.17, 15) is 8.78 Å². The number of alkyl halides is 2. The van der Waals surface area contributed by atoms with Crippen molar-refractivity contribution in [3.63, 3.8) is 0 Å². The molecule has 0 bridgehead atoms. The molecule has 0 aliphatic heterocycles. The zero-order chi connectivity index (χ0) is 14.8. The summed E-state index contributed by atoms with van der Waals surface area (Å²) in [6.07, 6.45) is 0. The van der Waals surface area contributed by atoms with E-state index in [-0.39, 0.29) is 5.75 Å². The summed E-state index contributed by atoms with van der Waals surface area (Å²) in [6.45, 7) is 0.714. The number of hydrogen-bond acceptors (Lipinski definition) is 4. The first kappa shape index (κ1) is 14.4.